The fourth-order valence-corrected chi connectivity index (χ4v) is 2.77. The summed E-state index contributed by atoms with van der Waals surface area (Å²) < 4.78 is 26.4. The first-order valence-corrected chi connectivity index (χ1v) is 8.63. The highest BCUT2D eigenvalue weighted by Gasteiger charge is 2.15. The third-order valence-corrected chi connectivity index (χ3v) is 4.20. The van der Waals surface area contributed by atoms with Gasteiger partial charge in [-0.05, 0) is 48.3 Å². The van der Waals surface area contributed by atoms with Crippen molar-refractivity contribution in [2.24, 2.45) is 0 Å². The lowest BCUT2D eigenvalue weighted by Gasteiger charge is -2.16. The number of aromatic nitrogens is 2. The van der Waals surface area contributed by atoms with Gasteiger partial charge in [-0.2, -0.15) is 4.39 Å². The van der Waals surface area contributed by atoms with Crippen molar-refractivity contribution in [1.82, 2.24) is 9.97 Å². The fraction of sp³-hybridized carbons (Fsp3) is 0.100. The molecule has 0 saturated carbocycles. The highest BCUT2D eigenvalue weighted by molar-refractivity contribution is 5.83. The van der Waals surface area contributed by atoms with Gasteiger partial charge in [0.15, 0.2) is 17.5 Å². The molecule has 0 radical (unpaired) electrons. The van der Waals surface area contributed by atoms with Gasteiger partial charge in [0.05, 0.1) is 21.7 Å². The van der Waals surface area contributed by atoms with E-state index in [1.165, 1.54) is 36.4 Å². The first-order valence-electron chi connectivity index (χ1n) is 8.63. The molecule has 2 aromatic rings. The second-order valence-corrected chi connectivity index (χ2v) is 6.25. The van der Waals surface area contributed by atoms with E-state index in [1.807, 2.05) is 0 Å². The van der Waals surface area contributed by atoms with Crippen molar-refractivity contribution in [2.45, 2.75) is 12.8 Å². The predicted molar refractivity (Wildman–Crippen MR) is 104 cm³/mol. The number of nitro groups is 1. The number of allylic oxidation sites excluding steroid dienone is 7. The number of anilines is 2. The molecular formula is C20H13F2N5O2. The van der Waals surface area contributed by atoms with Gasteiger partial charge in [0.1, 0.15) is 5.83 Å². The van der Waals surface area contributed by atoms with E-state index in [1.54, 1.807) is 6.08 Å². The van der Waals surface area contributed by atoms with Crippen LogP contribution in [-0.4, -0.2) is 14.9 Å². The van der Waals surface area contributed by atoms with E-state index >= 15 is 0 Å². The molecule has 7 nitrogen and oxygen atoms in total. The molecule has 4 rings (SSSR count). The summed E-state index contributed by atoms with van der Waals surface area (Å²) >= 11 is 0. The first kappa shape index (κ1) is 18.3. The van der Waals surface area contributed by atoms with E-state index in [9.17, 15) is 18.9 Å². The van der Waals surface area contributed by atoms with E-state index in [2.05, 4.69) is 32.1 Å². The summed E-state index contributed by atoms with van der Waals surface area (Å²) in [5, 5.41) is 17.1. The van der Waals surface area contributed by atoms with Crippen LogP contribution in [0.1, 0.15) is 12.8 Å². The minimum atomic E-state index is -0.560. The van der Waals surface area contributed by atoms with Gasteiger partial charge < -0.3 is 10.6 Å². The lowest BCUT2D eigenvalue weighted by molar-refractivity contribution is -0.384. The number of non-ortho nitro benzene ring substituents is 1. The number of hydrogen-bond acceptors (Lipinski definition) is 6. The lowest BCUT2D eigenvalue weighted by atomic mass is 10.1. The zero-order valence-electron chi connectivity index (χ0n) is 14.9. The standard InChI is InChI=1S/C20H13F2N5O2/c21-12-1-5-14(6-2-12)23-19-20(24-15-7-3-13(22)4-8-15)26-18-11-16(27(28)29)9-10-17(18)25-19/h1,3,5,7,9-11H,2,6H2,(H,23,25)(H,24,26). The zero-order chi connectivity index (χ0) is 20.4. The second-order valence-electron chi connectivity index (χ2n) is 6.25. The third-order valence-electron chi connectivity index (χ3n) is 4.20. The molecule has 1 aromatic heterocycles. The van der Waals surface area contributed by atoms with Crippen molar-refractivity contribution in [3.05, 3.63) is 87.1 Å². The van der Waals surface area contributed by atoms with Gasteiger partial charge in [-0.25, -0.2) is 14.4 Å². The van der Waals surface area contributed by atoms with Crippen LogP contribution in [0.2, 0.25) is 0 Å². The van der Waals surface area contributed by atoms with Crippen molar-refractivity contribution in [2.75, 3.05) is 10.6 Å². The maximum Gasteiger partial charge on any atom is 0.271 e. The van der Waals surface area contributed by atoms with Crippen molar-refractivity contribution < 1.29 is 13.7 Å². The number of nitrogens with one attached hydrogen (secondary N) is 2. The summed E-state index contributed by atoms with van der Waals surface area (Å²) in [6, 6.07) is 4.16. The minimum absolute atomic E-state index is 0.115. The third kappa shape index (κ3) is 4.11. The molecule has 2 N–H and O–H groups in total. The number of halogens is 2. The topological polar surface area (TPSA) is 93.0 Å². The normalized spacial score (nSPS) is 15.4. The van der Waals surface area contributed by atoms with Gasteiger partial charge in [-0.3, -0.25) is 10.1 Å². The molecule has 0 unspecified atom stereocenters. The minimum Gasteiger partial charge on any atom is -0.341 e. The molecule has 0 amide bonds. The van der Waals surface area contributed by atoms with Crippen LogP contribution in [0.5, 0.6) is 0 Å². The number of rotatable bonds is 5. The number of nitro benzene ring substituents is 1. The molecular weight excluding hydrogens is 380 g/mol. The molecule has 144 valence electrons. The van der Waals surface area contributed by atoms with Gasteiger partial charge in [0.2, 0.25) is 0 Å². The average Bonchev–Trinajstić information content (AvgIpc) is 2.71. The van der Waals surface area contributed by atoms with Crippen molar-refractivity contribution >= 4 is 28.4 Å². The Bertz CT molecular complexity index is 1230. The zero-order valence-corrected chi connectivity index (χ0v) is 14.9. The van der Waals surface area contributed by atoms with E-state index in [0.717, 1.165) is 5.70 Å². The van der Waals surface area contributed by atoms with Gasteiger partial charge in [-0.1, -0.05) is 0 Å². The Labute approximate surface area is 163 Å². The van der Waals surface area contributed by atoms with Crippen LogP contribution in [0.15, 0.2) is 77.0 Å². The molecule has 2 aliphatic carbocycles. The molecule has 0 fully saturated rings. The fourth-order valence-electron chi connectivity index (χ4n) is 2.77. The Kier molecular flexibility index (Phi) is 4.75. The summed E-state index contributed by atoms with van der Waals surface area (Å²) in [6.07, 6.45) is 6.38. The molecule has 0 bridgehead atoms. The van der Waals surface area contributed by atoms with E-state index in [4.69, 9.17) is 0 Å². The van der Waals surface area contributed by atoms with Crippen LogP contribution in [0.4, 0.5) is 26.1 Å². The lowest BCUT2D eigenvalue weighted by Crippen LogP contribution is -2.10. The summed E-state index contributed by atoms with van der Waals surface area (Å²) in [6.45, 7) is 0. The van der Waals surface area contributed by atoms with E-state index in [0.29, 0.717) is 29.0 Å². The maximum atomic E-state index is 13.3. The Morgan fingerprint density at radius 2 is 1.79 bits per heavy atom. The van der Waals surface area contributed by atoms with Crippen molar-refractivity contribution in [3.63, 3.8) is 0 Å². The molecule has 0 atom stereocenters. The monoisotopic (exact) mass is 393 g/mol. The Morgan fingerprint density at radius 1 is 1.00 bits per heavy atom. The largest absolute Gasteiger partial charge is 0.341 e. The number of fused-ring (bicyclic) bond motifs is 1. The summed E-state index contributed by atoms with van der Waals surface area (Å²) in [4.78, 5) is 19.5. The second kappa shape index (κ2) is 7.52. The van der Waals surface area contributed by atoms with Crippen molar-refractivity contribution in [1.29, 1.82) is 0 Å². The van der Waals surface area contributed by atoms with Crippen LogP contribution in [0.25, 0.3) is 11.0 Å². The molecule has 29 heavy (non-hydrogen) atoms. The van der Waals surface area contributed by atoms with Crippen LogP contribution >= 0.6 is 0 Å². The number of hydrogen-bond donors (Lipinski definition) is 2. The molecule has 0 spiro atoms. The molecule has 9 heteroatoms. The molecule has 1 heterocycles. The quantitative estimate of drug-likeness (QED) is 0.424. The van der Waals surface area contributed by atoms with Gasteiger partial charge in [-0.15, -0.1) is 0 Å². The highest BCUT2D eigenvalue weighted by Crippen LogP contribution is 2.28. The molecule has 0 aliphatic heterocycles. The van der Waals surface area contributed by atoms with Gasteiger partial charge in [0, 0.05) is 24.3 Å². The number of benzene rings is 1. The highest BCUT2D eigenvalue weighted by atomic mass is 19.1. The van der Waals surface area contributed by atoms with E-state index in [-0.39, 0.29) is 23.8 Å². The van der Waals surface area contributed by atoms with Gasteiger partial charge >= 0.3 is 0 Å². The summed E-state index contributed by atoms with van der Waals surface area (Å²) in [5.41, 5.74) is 6.68. The van der Waals surface area contributed by atoms with Crippen LogP contribution in [0, 0.1) is 10.1 Å². The van der Waals surface area contributed by atoms with Crippen LogP contribution in [-0.2, 0) is 0 Å². The predicted octanol–water partition coefficient (Wildman–Crippen LogP) is 4.95. The van der Waals surface area contributed by atoms with Crippen molar-refractivity contribution in [3.8, 4) is 0 Å². The average molecular weight is 393 g/mol. The molecule has 0 saturated heterocycles. The Morgan fingerprint density at radius 3 is 2.48 bits per heavy atom. The molecule has 1 aromatic carbocycles. The summed E-state index contributed by atoms with van der Waals surface area (Å²) in [5.74, 6) is -0.172. The summed E-state index contributed by atoms with van der Waals surface area (Å²) in [7, 11) is 0. The Balaban J connectivity index is 1.78. The number of nitrogens with zero attached hydrogens (tertiary/aromatic N) is 3. The SMILES string of the molecule is O=[N+]([O-])c1ccc2nc(NC3=CC=C(F)CC3)c(NC3=C=C=C(F)C=C3)nc2c1. The Hall–Kier alpha value is -4.06. The van der Waals surface area contributed by atoms with E-state index < -0.39 is 10.8 Å². The first-order chi connectivity index (χ1) is 14.0. The maximum absolute atomic E-state index is 13.3. The molecule has 2 aliphatic rings. The smallest absolute Gasteiger partial charge is 0.271 e. The van der Waals surface area contributed by atoms with Crippen LogP contribution in [0.3, 0.4) is 0 Å². The van der Waals surface area contributed by atoms with Gasteiger partial charge in [0.25, 0.3) is 5.69 Å². The van der Waals surface area contributed by atoms with Crippen LogP contribution < -0.4 is 10.6 Å².